The van der Waals surface area contributed by atoms with Crippen molar-refractivity contribution in [2.45, 2.75) is 20.0 Å². The molecule has 1 aromatic carbocycles. The van der Waals surface area contributed by atoms with E-state index in [9.17, 15) is 9.59 Å². The Hall–Kier alpha value is -2.56. The average molecular weight is 272 g/mol. The molecule has 0 bridgehead atoms. The molecule has 2 aromatic rings. The molecule has 0 aliphatic carbocycles. The molecule has 0 unspecified atom stereocenters. The van der Waals surface area contributed by atoms with Gasteiger partial charge in [-0.3, -0.25) is 9.59 Å². The standard InChI is InChI=1S/C15H16N2O3/c1-11-3-2-4-12(7-11)8-16-14(18)15(19)17-9-13-5-6-20-10-13/h2-7,10H,8-9H2,1H3,(H,16,18)(H,17,19). The second-order valence-electron chi connectivity index (χ2n) is 4.49. The summed E-state index contributed by atoms with van der Waals surface area (Å²) in [4.78, 5) is 23.2. The fraction of sp³-hybridized carbons (Fsp3) is 0.200. The zero-order valence-electron chi connectivity index (χ0n) is 11.2. The minimum atomic E-state index is -0.654. The van der Waals surface area contributed by atoms with Gasteiger partial charge in [-0.2, -0.15) is 0 Å². The number of aryl methyl sites for hydroxylation is 1. The van der Waals surface area contributed by atoms with Crippen molar-refractivity contribution in [3.05, 3.63) is 59.5 Å². The van der Waals surface area contributed by atoms with E-state index in [0.717, 1.165) is 16.7 Å². The van der Waals surface area contributed by atoms with Crippen LogP contribution in [0, 0.1) is 6.92 Å². The summed E-state index contributed by atoms with van der Waals surface area (Å²) in [5, 5.41) is 5.10. The molecule has 0 aliphatic rings. The van der Waals surface area contributed by atoms with E-state index < -0.39 is 11.8 Å². The number of rotatable bonds is 4. The molecule has 5 heteroatoms. The van der Waals surface area contributed by atoms with Gasteiger partial charge in [-0.25, -0.2) is 0 Å². The lowest BCUT2D eigenvalue weighted by atomic mass is 10.1. The maximum absolute atomic E-state index is 11.6. The quantitative estimate of drug-likeness (QED) is 0.829. The van der Waals surface area contributed by atoms with Gasteiger partial charge in [-0.15, -0.1) is 0 Å². The van der Waals surface area contributed by atoms with Crippen LogP contribution in [0.2, 0.25) is 0 Å². The molecule has 5 nitrogen and oxygen atoms in total. The summed E-state index contributed by atoms with van der Waals surface area (Å²) in [7, 11) is 0. The van der Waals surface area contributed by atoms with Crippen LogP contribution in [-0.4, -0.2) is 11.8 Å². The molecule has 0 aliphatic heterocycles. The first-order chi connectivity index (χ1) is 9.65. The van der Waals surface area contributed by atoms with Gasteiger partial charge in [-0.1, -0.05) is 29.8 Å². The Bertz CT molecular complexity index is 591. The highest BCUT2D eigenvalue weighted by Crippen LogP contribution is 2.03. The molecule has 0 spiro atoms. The highest BCUT2D eigenvalue weighted by atomic mass is 16.3. The SMILES string of the molecule is Cc1cccc(CNC(=O)C(=O)NCc2ccoc2)c1. The van der Waals surface area contributed by atoms with Crippen molar-refractivity contribution in [3.8, 4) is 0 Å². The van der Waals surface area contributed by atoms with Gasteiger partial charge in [0.1, 0.15) is 0 Å². The van der Waals surface area contributed by atoms with Crippen molar-refractivity contribution in [2.24, 2.45) is 0 Å². The number of carbonyl (C=O) groups excluding carboxylic acids is 2. The number of hydrogen-bond acceptors (Lipinski definition) is 3. The summed E-state index contributed by atoms with van der Waals surface area (Å²) in [5.74, 6) is -1.30. The van der Waals surface area contributed by atoms with E-state index in [2.05, 4.69) is 10.6 Å². The minimum Gasteiger partial charge on any atom is -0.472 e. The topological polar surface area (TPSA) is 71.3 Å². The molecule has 1 heterocycles. The Kier molecular flexibility index (Phi) is 4.55. The van der Waals surface area contributed by atoms with Gasteiger partial charge in [0.05, 0.1) is 12.5 Å². The third-order valence-corrected chi connectivity index (χ3v) is 2.77. The molecule has 0 saturated carbocycles. The molecule has 2 amide bonds. The molecule has 0 saturated heterocycles. The molecule has 104 valence electrons. The molecule has 20 heavy (non-hydrogen) atoms. The first-order valence-electron chi connectivity index (χ1n) is 6.28. The first kappa shape index (κ1) is 13.9. The summed E-state index contributed by atoms with van der Waals surface area (Å²) in [6.07, 6.45) is 3.03. The lowest BCUT2D eigenvalue weighted by Gasteiger charge is -2.06. The number of furan rings is 1. The number of amides is 2. The summed E-state index contributed by atoms with van der Waals surface area (Å²) in [6, 6.07) is 9.48. The van der Waals surface area contributed by atoms with E-state index in [1.54, 1.807) is 6.07 Å². The van der Waals surface area contributed by atoms with Gasteiger partial charge >= 0.3 is 11.8 Å². The predicted octanol–water partition coefficient (Wildman–Crippen LogP) is 1.52. The van der Waals surface area contributed by atoms with Crippen LogP contribution in [0.4, 0.5) is 0 Å². The summed E-state index contributed by atoms with van der Waals surface area (Å²) < 4.78 is 4.87. The zero-order chi connectivity index (χ0) is 14.4. The maximum Gasteiger partial charge on any atom is 0.309 e. The monoisotopic (exact) mass is 272 g/mol. The number of hydrogen-bond donors (Lipinski definition) is 2. The molecule has 2 rings (SSSR count). The molecule has 0 radical (unpaired) electrons. The average Bonchev–Trinajstić information content (AvgIpc) is 2.95. The molecule has 0 atom stereocenters. The largest absolute Gasteiger partial charge is 0.472 e. The third-order valence-electron chi connectivity index (χ3n) is 2.77. The van der Waals surface area contributed by atoms with Crippen LogP contribution in [0.25, 0.3) is 0 Å². The van der Waals surface area contributed by atoms with Crippen molar-refractivity contribution < 1.29 is 14.0 Å². The van der Waals surface area contributed by atoms with Crippen molar-refractivity contribution in [3.63, 3.8) is 0 Å². The van der Waals surface area contributed by atoms with E-state index in [-0.39, 0.29) is 6.54 Å². The molecule has 0 fully saturated rings. The lowest BCUT2D eigenvalue weighted by Crippen LogP contribution is -2.39. The number of benzene rings is 1. The van der Waals surface area contributed by atoms with Crippen LogP contribution in [-0.2, 0) is 22.7 Å². The third kappa shape index (κ3) is 3.98. The normalized spacial score (nSPS) is 10.1. The smallest absolute Gasteiger partial charge is 0.309 e. The highest BCUT2D eigenvalue weighted by Gasteiger charge is 2.12. The predicted molar refractivity (Wildman–Crippen MR) is 73.6 cm³/mol. The Morgan fingerprint density at radius 3 is 2.35 bits per heavy atom. The van der Waals surface area contributed by atoms with Crippen LogP contribution in [0.15, 0.2) is 47.3 Å². The van der Waals surface area contributed by atoms with E-state index in [1.165, 1.54) is 12.5 Å². The van der Waals surface area contributed by atoms with Crippen molar-refractivity contribution in [1.82, 2.24) is 10.6 Å². The first-order valence-corrected chi connectivity index (χ1v) is 6.28. The van der Waals surface area contributed by atoms with Crippen molar-refractivity contribution >= 4 is 11.8 Å². The fourth-order valence-corrected chi connectivity index (χ4v) is 1.74. The molecular weight excluding hydrogens is 256 g/mol. The summed E-state index contributed by atoms with van der Waals surface area (Å²) in [5.41, 5.74) is 2.88. The molecule has 2 N–H and O–H groups in total. The van der Waals surface area contributed by atoms with E-state index in [4.69, 9.17) is 4.42 Å². The minimum absolute atomic E-state index is 0.271. The molecule has 1 aromatic heterocycles. The van der Waals surface area contributed by atoms with Gasteiger partial charge in [-0.05, 0) is 18.6 Å². The van der Waals surface area contributed by atoms with E-state index in [0.29, 0.717) is 6.54 Å². The van der Waals surface area contributed by atoms with E-state index >= 15 is 0 Å². The fourth-order valence-electron chi connectivity index (χ4n) is 1.74. The van der Waals surface area contributed by atoms with Gasteiger partial charge in [0.25, 0.3) is 0 Å². The number of carbonyl (C=O) groups is 2. The van der Waals surface area contributed by atoms with Gasteiger partial charge < -0.3 is 15.1 Å². The van der Waals surface area contributed by atoms with Crippen LogP contribution >= 0.6 is 0 Å². The van der Waals surface area contributed by atoms with Crippen molar-refractivity contribution in [1.29, 1.82) is 0 Å². The van der Waals surface area contributed by atoms with Gasteiger partial charge in [0.15, 0.2) is 0 Å². The Morgan fingerprint density at radius 2 is 1.75 bits per heavy atom. The summed E-state index contributed by atoms with van der Waals surface area (Å²) >= 11 is 0. The Balaban J connectivity index is 1.78. The highest BCUT2D eigenvalue weighted by molar-refractivity contribution is 6.35. The van der Waals surface area contributed by atoms with Crippen LogP contribution in [0.3, 0.4) is 0 Å². The second-order valence-corrected chi connectivity index (χ2v) is 4.49. The van der Waals surface area contributed by atoms with Gasteiger partial charge in [0, 0.05) is 18.7 Å². The zero-order valence-corrected chi connectivity index (χ0v) is 11.2. The van der Waals surface area contributed by atoms with Crippen molar-refractivity contribution in [2.75, 3.05) is 0 Å². The summed E-state index contributed by atoms with van der Waals surface area (Å²) in [6.45, 7) is 2.58. The van der Waals surface area contributed by atoms with Gasteiger partial charge in [0.2, 0.25) is 0 Å². The Labute approximate surface area is 117 Å². The van der Waals surface area contributed by atoms with E-state index in [1.807, 2.05) is 31.2 Å². The Morgan fingerprint density at radius 1 is 1.05 bits per heavy atom. The second kappa shape index (κ2) is 6.56. The van der Waals surface area contributed by atoms with Crippen LogP contribution in [0.5, 0.6) is 0 Å². The van der Waals surface area contributed by atoms with Crippen LogP contribution < -0.4 is 10.6 Å². The number of nitrogens with one attached hydrogen (secondary N) is 2. The molecular formula is C15H16N2O3. The van der Waals surface area contributed by atoms with Crippen LogP contribution in [0.1, 0.15) is 16.7 Å². The lowest BCUT2D eigenvalue weighted by molar-refractivity contribution is -0.139. The maximum atomic E-state index is 11.6.